The van der Waals surface area contributed by atoms with Crippen molar-refractivity contribution in [2.24, 2.45) is 5.92 Å². The monoisotopic (exact) mass is 421 g/mol. The maximum Gasteiger partial charge on any atom is 0.225 e. The molecule has 2 N–H and O–H groups in total. The molecule has 166 valence electrons. The molecule has 3 heterocycles. The molecule has 1 saturated heterocycles. The second kappa shape index (κ2) is 10.2. The summed E-state index contributed by atoms with van der Waals surface area (Å²) in [7, 11) is 0. The summed E-state index contributed by atoms with van der Waals surface area (Å²) in [6.07, 6.45) is 8.25. The van der Waals surface area contributed by atoms with Crippen LogP contribution in [0.25, 0.3) is 0 Å². The van der Waals surface area contributed by atoms with Crippen molar-refractivity contribution < 1.29 is 4.79 Å². The highest BCUT2D eigenvalue weighted by Gasteiger charge is 2.28. The summed E-state index contributed by atoms with van der Waals surface area (Å²) in [6, 6.07) is 9.21. The average Bonchev–Trinajstić information content (AvgIpc) is 3.12. The van der Waals surface area contributed by atoms with Crippen molar-refractivity contribution >= 4 is 17.4 Å². The fourth-order valence-electron chi connectivity index (χ4n) is 4.87. The lowest BCUT2D eigenvalue weighted by Gasteiger charge is -2.32. The third kappa shape index (κ3) is 5.24. The standard InChI is InChI=1S/C25H35N5O/c1-3-6-24(31)20-16-27-25(28-17-20)30-13-10-19(11-14-30)15-26-12-9-21-18(2)29-23-8-5-4-7-22(21)23/h4-5,7-8,16-19,21,26,29H,3,6,9-15H2,1-2H3. The number of rotatable bonds is 9. The lowest BCUT2D eigenvalue weighted by atomic mass is 9.92. The lowest BCUT2D eigenvalue weighted by Crippen LogP contribution is -2.38. The van der Waals surface area contributed by atoms with E-state index in [1.54, 1.807) is 12.4 Å². The Hall–Kier alpha value is -2.47. The topological polar surface area (TPSA) is 70.2 Å². The molecule has 0 bridgehead atoms. The fourth-order valence-corrected chi connectivity index (χ4v) is 4.87. The number of carbonyl (C=O) groups is 1. The van der Waals surface area contributed by atoms with Crippen molar-refractivity contribution in [1.82, 2.24) is 15.3 Å². The van der Waals surface area contributed by atoms with Crippen LogP contribution in [0.5, 0.6) is 0 Å². The molecule has 31 heavy (non-hydrogen) atoms. The van der Waals surface area contributed by atoms with Crippen LogP contribution in [0.3, 0.4) is 0 Å². The molecular formula is C25H35N5O. The maximum absolute atomic E-state index is 12.0. The fraction of sp³-hybridized carbons (Fsp3) is 0.560. The summed E-state index contributed by atoms with van der Waals surface area (Å²) in [6.45, 7) is 8.39. The molecule has 2 aliphatic rings. The van der Waals surface area contributed by atoms with Gasteiger partial charge in [0.15, 0.2) is 5.78 Å². The number of nitrogens with zero attached hydrogens (tertiary/aromatic N) is 3. The molecule has 2 atom stereocenters. The van der Waals surface area contributed by atoms with Gasteiger partial charge in [0.25, 0.3) is 0 Å². The van der Waals surface area contributed by atoms with Crippen LogP contribution in [-0.4, -0.2) is 48.0 Å². The van der Waals surface area contributed by atoms with E-state index in [0.29, 0.717) is 29.9 Å². The van der Waals surface area contributed by atoms with E-state index >= 15 is 0 Å². The molecule has 1 fully saturated rings. The van der Waals surface area contributed by atoms with E-state index in [-0.39, 0.29) is 5.78 Å². The quantitative estimate of drug-likeness (QED) is 0.466. The number of anilines is 2. The van der Waals surface area contributed by atoms with Gasteiger partial charge >= 0.3 is 0 Å². The van der Waals surface area contributed by atoms with Gasteiger partial charge in [-0.25, -0.2) is 9.97 Å². The number of Topliss-reactive ketones (excluding diaryl/α,β-unsaturated/α-hetero) is 1. The van der Waals surface area contributed by atoms with E-state index < -0.39 is 0 Å². The molecule has 4 rings (SSSR count). The van der Waals surface area contributed by atoms with Gasteiger partial charge in [0.1, 0.15) is 0 Å². The number of carbonyl (C=O) groups excluding carboxylic acids is 1. The normalized spacial score (nSPS) is 21.0. The zero-order valence-corrected chi connectivity index (χ0v) is 18.8. The van der Waals surface area contributed by atoms with E-state index in [1.807, 2.05) is 6.92 Å². The Morgan fingerprint density at radius 3 is 2.68 bits per heavy atom. The molecule has 2 unspecified atom stereocenters. The number of nitrogens with one attached hydrogen (secondary N) is 2. The number of ketones is 1. The number of fused-ring (bicyclic) bond motifs is 1. The Bertz CT molecular complexity index is 860. The van der Waals surface area contributed by atoms with Crippen molar-refractivity contribution in [2.75, 3.05) is 36.4 Å². The van der Waals surface area contributed by atoms with Crippen LogP contribution in [0.1, 0.15) is 67.8 Å². The molecule has 2 aromatic rings. The van der Waals surface area contributed by atoms with Crippen LogP contribution in [0, 0.1) is 5.92 Å². The van der Waals surface area contributed by atoms with Crippen LogP contribution < -0.4 is 15.5 Å². The Labute approximate surface area is 185 Å². The molecule has 0 aliphatic carbocycles. The Morgan fingerprint density at radius 1 is 1.19 bits per heavy atom. The van der Waals surface area contributed by atoms with Gasteiger partial charge in [-0.05, 0) is 63.2 Å². The van der Waals surface area contributed by atoms with Gasteiger partial charge in [0.05, 0.1) is 5.56 Å². The van der Waals surface area contributed by atoms with E-state index in [4.69, 9.17) is 0 Å². The summed E-state index contributed by atoms with van der Waals surface area (Å²) in [4.78, 5) is 23.1. The van der Waals surface area contributed by atoms with Crippen molar-refractivity contribution in [1.29, 1.82) is 0 Å². The van der Waals surface area contributed by atoms with Crippen molar-refractivity contribution in [3.8, 4) is 0 Å². The van der Waals surface area contributed by atoms with Crippen molar-refractivity contribution in [3.63, 3.8) is 0 Å². The van der Waals surface area contributed by atoms with Gasteiger partial charge in [0, 0.05) is 49.6 Å². The largest absolute Gasteiger partial charge is 0.382 e. The predicted molar refractivity (Wildman–Crippen MR) is 126 cm³/mol. The van der Waals surface area contributed by atoms with Gasteiger partial charge in [-0.1, -0.05) is 25.1 Å². The highest BCUT2D eigenvalue weighted by molar-refractivity contribution is 5.95. The predicted octanol–water partition coefficient (Wildman–Crippen LogP) is 4.25. The first-order valence-electron chi connectivity index (χ1n) is 11.8. The van der Waals surface area contributed by atoms with Crippen LogP contribution in [0.2, 0.25) is 0 Å². The Kier molecular flexibility index (Phi) is 7.17. The smallest absolute Gasteiger partial charge is 0.225 e. The van der Waals surface area contributed by atoms with Crippen LogP contribution >= 0.6 is 0 Å². The Balaban J connectivity index is 1.18. The molecular weight excluding hydrogens is 386 g/mol. The van der Waals surface area contributed by atoms with Crippen LogP contribution in [0.15, 0.2) is 36.7 Å². The average molecular weight is 422 g/mol. The van der Waals surface area contributed by atoms with Gasteiger partial charge < -0.3 is 15.5 Å². The maximum atomic E-state index is 12.0. The highest BCUT2D eigenvalue weighted by atomic mass is 16.1. The molecule has 0 amide bonds. The first kappa shape index (κ1) is 21.8. The summed E-state index contributed by atoms with van der Waals surface area (Å²) in [5.74, 6) is 2.17. The minimum atomic E-state index is 0.130. The molecule has 6 heteroatoms. The molecule has 1 aromatic heterocycles. The van der Waals surface area contributed by atoms with E-state index in [9.17, 15) is 4.79 Å². The number of benzene rings is 1. The summed E-state index contributed by atoms with van der Waals surface area (Å²) >= 11 is 0. The molecule has 0 saturated carbocycles. The van der Waals surface area contributed by atoms with E-state index in [1.165, 1.54) is 17.7 Å². The number of hydrogen-bond donors (Lipinski definition) is 2. The number of piperidine rings is 1. The minimum absolute atomic E-state index is 0.130. The molecule has 1 aromatic carbocycles. The minimum Gasteiger partial charge on any atom is -0.382 e. The summed E-state index contributed by atoms with van der Waals surface area (Å²) in [5.41, 5.74) is 3.39. The highest BCUT2D eigenvalue weighted by Crippen LogP contribution is 2.37. The number of aromatic nitrogens is 2. The number of para-hydroxylation sites is 1. The second-order valence-electron chi connectivity index (χ2n) is 8.99. The number of hydrogen-bond acceptors (Lipinski definition) is 6. The van der Waals surface area contributed by atoms with Gasteiger partial charge in [-0.3, -0.25) is 4.79 Å². The first-order chi connectivity index (χ1) is 15.2. The zero-order chi connectivity index (χ0) is 21.6. The van der Waals surface area contributed by atoms with Crippen LogP contribution in [0.4, 0.5) is 11.6 Å². The lowest BCUT2D eigenvalue weighted by molar-refractivity contribution is 0.0981. The van der Waals surface area contributed by atoms with Gasteiger partial charge in [0.2, 0.25) is 5.95 Å². The van der Waals surface area contributed by atoms with Gasteiger partial charge in [-0.15, -0.1) is 0 Å². The van der Waals surface area contributed by atoms with E-state index in [0.717, 1.165) is 51.4 Å². The zero-order valence-electron chi connectivity index (χ0n) is 18.8. The third-order valence-electron chi connectivity index (χ3n) is 6.75. The van der Waals surface area contributed by atoms with Gasteiger partial charge in [-0.2, -0.15) is 0 Å². The summed E-state index contributed by atoms with van der Waals surface area (Å²) in [5, 5.41) is 7.31. The third-order valence-corrected chi connectivity index (χ3v) is 6.75. The molecule has 0 spiro atoms. The second-order valence-corrected chi connectivity index (χ2v) is 8.99. The van der Waals surface area contributed by atoms with E-state index in [2.05, 4.69) is 56.7 Å². The first-order valence-corrected chi connectivity index (χ1v) is 11.8. The molecule has 0 radical (unpaired) electrons. The van der Waals surface area contributed by atoms with Crippen molar-refractivity contribution in [3.05, 3.63) is 47.8 Å². The van der Waals surface area contributed by atoms with Crippen molar-refractivity contribution in [2.45, 2.75) is 57.9 Å². The molecule has 2 aliphatic heterocycles. The Morgan fingerprint density at radius 2 is 1.94 bits per heavy atom. The molecule has 6 nitrogen and oxygen atoms in total. The van der Waals surface area contributed by atoms with Crippen LogP contribution in [-0.2, 0) is 0 Å². The summed E-state index contributed by atoms with van der Waals surface area (Å²) < 4.78 is 0. The SMILES string of the molecule is CCCC(=O)c1cnc(N2CCC(CNCCC3c4ccccc4NC3C)CC2)nc1.